The Labute approximate surface area is 154 Å². The van der Waals surface area contributed by atoms with Crippen LogP contribution in [0.4, 0.5) is 0 Å². The minimum absolute atomic E-state index is 0.00131. The molecule has 6 nitrogen and oxygen atoms in total. The van der Waals surface area contributed by atoms with Crippen LogP contribution in [-0.4, -0.2) is 23.9 Å². The number of hydrogen-bond acceptors (Lipinski definition) is 5. The number of rotatable bonds is 5. The van der Waals surface area contributed by atoms with Crippen molar-refractivity contribution in [2.75, 3.05) is 0 Å². The van der Waals surface area contributed by atoms with E-state index in [0.29, 0.717) is 17.0 Å². The van der Waals surface area contributed by atoms with Crippen LogP contribution in [0.3, 0.4) is 0 Å². The van der Waals surface area contributed by atoms with Crippen LogP contribution in [0, 0.1) is 18.3 Å². The summed E-state index contributed by atoms with van der Waals surface area (Å²) in [6.07, 6.45) is 3.26. The Morgan fingerprint density at radius 2 is 1.96 bits per heavy atom. The van der Waals surface area contributed by atoms with Gasteiger partial charge in [0, 0.05) is 19.9 Å². The SMILES string of the molecule is CC(=O)OS(=O)(=O)c1ccc2c(nc(CC(C)(C)C)n2CC2CC2)c1C. The molecule has 26 heavy (non-hydrogen) atoms. The van der Waals surface area contributed by atoms with Crippen LogP contribution in [0.1, 0.15) is 51.9 Å². The van der Waals surface area contributed by atoms with Gasteiger partial charge in [0.1, 0.15) is 10.7 Å². The monoisotopic (exact) mass is 378 g/mol. The largest absolute Gasteiger partial charge is 0.343 e. The number of imidazole rings is 1. The topological polar surface area (TPSA) is 78.3 Å². The fourth-order valence-electron chi connectivity index (χ4n) is 3.20. The van der Waals surface area contributed by atoms with E-state index in [1.54, 1.807) is 13.0 Å². The zero-order valence-corrected chi connectivity index (χ0v) is 16.8. The molecule has 0 unspecified atom stereocenters. The second kappa shape index (κ2) is 6.37. The number of carbonyl (C=O) groups excluding carboxylic acids is 1. The summed E-state index contributed by atoms with van der Waals surface area (Å²) >= 11 is 0. The molecule has 3 rings (SSSR count). The van der Waals surface area contributed by atoms with Gasteiger partial charge in [-0.3, -0.25) is 4.79 Å². The molecule has 1 fully saturated rings. The van der Waals surface area contributed by atoms with Crippen molar-refractivity contribution in [1.29, 1.82) is 0 Å². The zero-order valence-electron chi connectivity index (χ0n) is 16.0. The third-order valence-electron chi connectivity index (χ3n) is 4.53. The summed E-state index contributed by atoms with van der Waals surface area (Å²) in [5.41, 5.74) is 2.20. The van der Waals surface area contributed by atoms with Crippen LogP contribution in [0.25, 0.3) is 11.0 Å². The Bertz CT molecular complexity index is 964. The van der Waals surface area contributed by atoms with Crippen molar-refractivity contribution in [2.45, 2.75) is 65.3 Å². The van der Waals surface area contributed by atoms with Crippen LogP contribution in [0.5, 0.6) is 0 Å². The molecule has 0 amide bonds. The van der Waals surface area contributed by atoms with Gasteiger partial charge in [0.2, 0.25) is 0 Å². The maximum atomic E-state index is 12.3. The summed E-state index contributed by atoms with van der Waals surface area (Å²) in [7, 11) is -4.13. The van der Waals surface area contributed by atoms with Crippen LogP contribution >= 0.6 is 0 Å². The molecule has 0 radical (unpaired) electrons. The standard InChI is InChI=1S/C19H26N2O4S/c1-12-16(26(23,24)25-13(2)22)9-8-15-18(12)20-17(10-19(3,4)5)21(15)11-14-6-7-14/h8-9,14H,6-7,10-11H2,1-5H3. The van der Waals surface area contributed by atoms with E-state index in [-0.39, 0.29) is 10.3 Å². The van der Waals surface area contributed by atoms with Crippen molar-refractivity contribution in [3.63, 3.8) is 0 Å². The molecular weight excluding hydrogens is 352 g/mol. The molecule has 7 heteroatoms. The first-order chi connectivity index (χ1) is 12.0. The van der Waals surface area contributed by atoms with Gasteiger partial charge in [-0.05, 0) is 48.8 Å². The van der Waals surface area contributed by atoms with Crippen molar-refractivity contribution >= 4 is 27.1 Å². The highest BCUT2D eigenvalue weighted by Crippen LogP contribution is 2.35. The first-order valence-electron chi connectivity index (χ1n) is 8.92. The van der Waals surface area contributed by atoms with E-state index in [4.69, 9.17) is 4.98 Å². The molecule has 0 spiro atoms. The molecule has 1 aliphatic rings. The lowest BCUT2D eigenvalue weighted by Gasteiger charge is -2.18. The van der Waals surface area contributed by atoms with Crippen molar-refractivity contribution in [3.8, 4) is 0 Å². The Morgan fingerprint density at radius 1 is 1.31 bits per heavy atom. The average Bonchev–Trinajstić information content (AvgIpc) is 3.21. The van der Waals surface area contributed by atoms with E-state index in [1.807, 2.05) is 0 Å². The van der Waals surface area contributed by atoms with E-state index in [2.05, 4.69) is 29.5 Å². The van der Waals surface area contributed by atoms with Crippen LogP contribution in [0.15, 0.2) is 17.0 Å². The van der Waals surface area contributed by atoms with E-state index in [1.165, 1.54) is 18.9 Å². The Hall–Kier alpha value is -1.89. The first kappa shape index (κ1) is 18.9. The minimum Gasteiger partial charge on any atom is -0.343 e. The third-order valence-corrected chi connectivity index (χ3v) is 5.96. The number of carbonyl (C=O) groups is 1. The Balaban J connectivity index is 2.14. The van der Waals surface area contributed by atoms with Gasteiger partial charge >= 0.3 is 16.1 Å². The third kappa shape index (κ3) is 3.92. The molecule has 1 heterocycles. The van der Waals surface area contributed by atoms with Gasteiger partial charge in [0.15, 0.2) is 0 Å². The predicted octanol–water partition coefficient (Wildman–Crippen LogP) is 3.60. The molecule has 0 bridgehead atoms. The quantitative estimate of drug-likeness (QED) is 0.743. The van der Waals surface area contributed by atoms with E-state index < -0.39 is 16.1 Å². The van der Waals surface area contributed by atoms with E-state index >= 15 is 0 Å². The number of nitrogens with zero attached hydrogens (tertiary/aromatic N) is 2. The molecule has 1 aliphatic carbocycles. The molecule has 142 valence electrons. The maximum Gasteiger partial charge on any atom is 0.342 e. The smallest absolute Gasteiger partial charge is 0.342 e. The maximum absolute atomic E-state index is 12.3. The van der Waals surface area contributed by atoms with E-state index in [9.17, 15) is 13.2 Å². The highest BCUT2D eigenvalue weighted by molar-refractivity contribution is 7.87. The second-order valence-electron chi connectivity index (χ2n) is 8.40. The summed E-state index contributed by atoms with van der Waals surface area (Å²) < 4.78 is 31.4. The fourth-order valence-corrected chi connectivity index (χ4v) is 4.30. The fraction of sp³-hybridized carbons (Fsp3) is 0.579. The second-order valence-corrected chi connectivity index (χ2v) is 9.92. The predicted molar refractivity (Wildman–Crippen MR) is 99.3 cm³/mol. The average molecular weight is 378 g/mol. The highest BCUT2D eigenvalue weighted by Gasteiger charge is 2.28. The minimum atomic E-state index is -4.13. The number of fused-ring (bicyclic) bond motifs is 1. The molecule has 1 saturated carbocycles. The molecule has 0 atom stereocenters. The lowest BCUT2D eigenvalue weighted by molar-refractivity contribution is -0.131. The number of aryl methyl sites for hydroxylation is 1. The molecule has 0 N–H and O–H groups in total. The van der Waals surface area contributed by atoms with Gasteiger partial charge in [0.05, 0.1) is 11.0 Å². The molecule has 1 aromatic carbocycles. The van der Waals surface area contributed by atoms with Gasteiger partial charge in [-0.25, -0.2) is 4.98 Å². The van der Waals surface area contributed by atoms with Crippen molar-refractivity contribution in [2.24, 2.45) is 11.3 Å². The zero-order chi connectivity index (χ0) is 19.3. The summed E-state index contributed by atoms with van der Waals surface area (Å²) in [5.74, 6) is 0.803. The molecule has 2 aromatic rings. The first-order valence-corrected chi connectivity index (χ1v) is 10.3. The summed E-state index contributed by atoms with van der Waals surface area (Å²) in [6.45, 7) is 10.2. The van der Waals surface area contributed by atoms with Gasteiger partial charge in [-0.1, -0.05) is 20.8 Å². The highest BCUT2D eigenvalue weighted by atomic mass is 32.2. The number of benzene rings is 1. The van der Waals surface area contributed by atoms with Crippen LogP contribution in [-0.2, 0) is 32.1 Å². The summed E-state index contributed by atoms with van der Waals surface area (Å²) in [4.78, 5) is 15.9. The van der Waals surface area contributed by atoms with Gasteiger partial charge in [-0.2, -0.15) is 8.42 Å². The van der Waals surface area contributed by atoms with Crippen molar-refractivity contribution < 1.29 is 17.4 Å². The van der Waals surface area contributed by atoms with Crippen molar-refractivity contribution in [3.05, 3.63) is 23.5 Å². The Morgan fingerprint density at radius 3 is 2.50 bits per heavy atom. The number of hydrogen-bond donors (Lipinski definition) is 0. The van der Waals surface area contributed by atoms with E-state index in [0.717, 1.165) is 31.2 Å². The number of aromatic nitrogens is 2. The van der Waals surface area contributed by atoms with Crippen LogP contribution < -0.4 is 0 Å². The van der Waals surface area contributed by atoms with Crippen LogP contribution in [0.2, 0.25) is 0 Å². The normalized spacial score (nSPS) is 15.4. The molecule has 0 saturated heterocycles. The molecule has 1 aromatic heterocycles. The van der Waals surface area contributed by atoms with Gasteiger partial charge in [0.25, 0.3) is 0 Å². The Kier molecular flexibility index (Phi) is 4.63. The summed E-state index contributed by atoms with van der Waals surface area (Å²) in [5, 5.41) is 0. The molecule has 0 aliphatic heterocycles. The van der Waals surface area contributed by atoms with Gasteiger partial charge in [-0.15, -0.1) is 0 Å². The summed E-state index contributed by atoms with van der Waals surface area (Å²) in [6, 6.07) is 3.29. The van der Waals surface area contributed by atoms with Gasteiger partial charge < -0.3 is 8.75 Å². The molecular formula is C19H26N2O4S. The van der Waals surface area contributed by atoms with Crippen molar-refractivity contribution in [1.82, 2.24) is 9.55 Å². The lowest BCUT2D eigenvalue weighted by Crippen LogP contribution is -2.15. The lowest BCUT2D eigenvalue weighted by atomic mass is 9.92.